The fourth-order valence-electron chi connectivity index (χ4n) is 1.88. The zero-order valence-corrected chi connectivity index (χ0v) is 10.2. The van der Waals surface area contributed by atoms with Gasteiger partial charge in [0.2, 0.25) is 0 Å². The lowest BCUT2D eigenvalue weighted by atomic mass is 9.92. The minimum atomic E-state index is -2.21. The Morgan fingerprint density at radius 3 is 2.63 bits per heavy atom. The van der Waals surface area contributed by atoms with Crippen molar-refractivity contribution >= 4 is 5.97 Å². The van der Waals surface area contributed by atoms with E-state index in [1.54, 1.807) is 0 Å². The molecule has 0 bridgehead atoms. The maximum atomic E-state index is 11.3. The molecule has 1 saturated heterocycles. The molecule has 9 heteroatoms. The van der Waals surface area contributed by atoms with Gasteiger partial charge in [-0.05, 0) is 0 Å². The summed E-state index contributed by atoms with van der Waals surface area (Å²) in [5, 5.41) is 46.8. The molecule has 1 heterocycles. The molecule has 1 aliphatic heterocycles. The molecule has 0 spiro atoms. The van der Waals surface area contributed by atoms with E-state index in [1.807, 2.05) is 0 Å². The highest BCUT2D eigenvalue weighted by molar-refractivity contribution is 5.76. The molecule has 0 aromatic heterocycles. The predicted molar refractivity (Wildman–Crippen MR) is 60.0 cm³/mol. The lowest BCUT2D eigenvalue weighted by Gasteiger charge is -2.43. The number of aliphatic hydroxyl groups excluding tert-OH is 4. The quantitative estimate of drug-likeness (QED) is 0.291. The summed E-state index contributed by atoms with van der Waals surface area (Å²) in [7, 11) is 0. The van der Waals surface area contributed by atoms with E-state index in [0.717, 1.165) is 0 Å². The Kier molecular flexibility index (Phi) is 5.62. The van der Waals surface area contributed by atoms with E-state index >= 15 is 0 Å². The van der Waals surface area contributed by atoms with Crippen LogP contribution >= 0.6 is 0 Å². The Hall–Kier alpha value is -0.810. The van der Waals surface area contributed by atoms with Crippen molar-refractivity contribution in [3.63, 3.8) is 0 Å². The van der Waals surface area contributed by atoms with Crippen molar-refractivity contribution in [3.05, 3.63) is 0 Å². The lowest BCUT2D eigenvalue weighted by Crippen LogP contribution is -2.62. The van der Waals surface area contributed by atoms with Gasteiger partial charge in [0.1, 0.15) is 18.3 Å². The molecule has 0 aliphatic carbocycles. The molecule has 0 radical (unpaired) electrons. The van der Waals surface area contributed by atoms with E-state index in [4.69, 9.17) is 25.4 Å². The van der Waals surface area contributed by atoms with Gasteiger partial charge >= 0.3 is 5.97 Å². The van der Waals surface area contributed by atoms with E-state index < -0.39 is 49.2 Å². The van der Waals surface area contributed by atoms with Gasteiger partial charge in [-0.25, -0.2) is 4.79 Å². The minimum Gasteiger partial charge on any atom is -0.477 e. The van der Waals surface area contributed by atoms with Crippen LogP contribution in [-0.2, 0) is 14.3 Å². The number of nitrogens with two attached hydrogens (primary N) is 1. The molecular formula is C10H19NO8. The molecule has 0 aromatic carbocycles. The van der Waals surface area contributed by atoms with Crippen LogP contribution in [0.1, 0.15) is 6.42 Å². The first-order valence-corrected chi connectivity index (χ1v) is 5.78. The third kappa shape index (κ3) is 3.39. The zero-order valence-electron chi connectivity index (χ0n) is 10.2. The van der Waals surface area contributed by atoms with E-state index in [9.17, 15) is 20.1 Å². The summed E-state index contributed by atoms with van der Waals surface area (Å²) in [6, 6.07) is 0. The third-order valence-corrected chi connectivity index (χ3v) is 2.88. The van der Waals surface area contributed by atoms with Gasteiger partial charge in [0.25, 0.3) is 5.79 Å². The first-order chi connectivity index (χ1) is 8.88. The van der Waals surface area contributed by atoms with Crippen molar-refractivity contribution in [3.8, 4) is 0 Å². The fraction of sp³-hybridized carbons (Fsp3) is 0.900. The van der Waals surface area contributed by atoms with E-state index in [1.165, 1.54) is 0 Å². The Balaban J connectivity index is 2.96. The minimum absolute atomic E-state index is 0.0320. The van der Waals surface area contributed by atoms with Gasteiger partial charge in [-0.15, -0.1) is 0 Å². The summed E-state index contributed by atoms with van der Waals surface area (Å²) in [6.07, 6.45) is -6.56. The molecule has 1 fully saturated rings. The van der Waals surface area contributed by atoms with E-state index in [2.05, 4.69) is 0 Å². The molecule has 1 unspecified atom stereocenters. The van der Waals surface area contributed by atoms with Crippen LogP contribution in [0.4, 0.5) is 0 Å². The van der Waals surface area contributed by atoms with Crippen molar-refractivity contribution in [1.82, 2.24) is 0 Å². The molecular weight excluding hydrogens is 262 g/mol. The number of hydrogen-bond donors (Lipinski definition) is 6. The van der Waals surface area contributed by atoms with E-state index in [-0.39, 0.29) is 13.2 Å². The fourth-order valence-corrected chi connectivity index (χ4v) is 1.88. The second-order valence-electron chi connectivity index (χ2n) is 4.29. The normalized spacial score (nSPS) is 37.0. The van der Waals surface area contributed by atoms with Crippen molar-refractivity contribution < 1.29 is 39.8 Å². The number of aliphatic carboxylic acids is 1. The SMILES string of the molecule is NCCO[C@]1(C(=O)O)C[C@@H](O)[C@@H](O)C([C@H](O)CO)O1. The summed E-state index contributed by atoms with van der Waals surface area (Å²) in [5.41, 5.74) is 5.21. The Morgan fingerprint density at radius 2 is 2.16 bits per heavy atom. The van der Waals surface area contributed by atoms with Crippen LogP contribution in [0.5, 0.6) is 0 Å². The second kappa shape index (κ2) is 6.57. The van der Waals surface area contributed by atoms with Crippen LogP contribution < -0.4 is 5.73 Å². The molecule has 5 atom stereocenters. The Morgan fingerprint density at radius 1 is 1.53 bits per heavy atom. The topological polar surface area (TPSA) is 163 Å². The van der Waals surface area contributed by atoms with Gasteiger partial charge < -0.3 is 40.7 Å². The summed E-state index contributed by atoms with van der Waals surface area (Å²) in [6.45, 7) is -0.873. The van der Waals surface area contributed by atoms with Gasteiger partial charge in [0, 0.05) is 13.0 Å². The number of hydrogen-bond acceptors (Lipinski definition) is 8. The zero-order chi connectivity index (χ0) is 14.6. The highest BCUT2D eigenvalue weighted by atomic mass is 16.7. The number of rotatable bonds is 6. The first-order valence-electron chi connectivity index (χ1n) is 5.78. The summed E-state index contributed by atoms with van der Waals surface area (Å²) >= 11 is 0. The van der Waals surface area contributed by atoms with Crippen molar-refractivity contribution in [2.24, 2.45) is 5.73 Å². The molecule has 1 aliphatic rings. The number of carbonyl (C=O) groups is 1. The van der Waals surface area contributed by atoms with Crippen LogP contribution in [0, 0.1) is 0 Å². The molecule has 19 heavy (non-hydrogen) atoms. The summed E-state index contributed by atoms with van der Waals surface area (Å²) in [5.74, 6) is -3.72. The molecule has 7 N–H and O–H groups in total. The molecule has 0 saturated carbocycles. The standard InChI is InChI=1S/C10H19NO8/c11-1-2-18-10(9(16)17)3-5(13)7(15)8(19-10)6(14)4-12/h5-8,12-15H,1-4,11H2,(H,16,17)/t5-,6-,7-,8?,10-/m1/s1. The van der Waals surface area contributed by atoms with Crippen LogP contribution in [0.25, 0.3) is 0 Å². The second-order valence-corrected chi connectivity index (χ2v) is 4.29. The number of aliphatic hydroxyl groups is 4. The van der Waals surface area contributed by atoms with Crippen molar-refractivity contribution in [1.29, 1.82) is 0 Å². The van der Waals surface area contributed by atoms with Gasteiger partial charge in [-0.1, -0.05) is 0 Å². The molecule has 1 rings (SSSR count). The van der Waals surface area contributed by atoms with Crippen LogP contribution in [0.3, 0.4) is 0 Å². The molecule has 112 valence electrons. The smallest absolute Gasteiger partial charge is 0.364 e. The van der Waals surface area contributed by atoms with Gasteiger partial charge in [-0.3, -0.25) is 0 Å². The van der Waals surface area contributed by atoms with Gasteiger partial charge in [0.15, 0.2) is 0 Å². The molecule has 9 nitrogen and oxygen atoms in total. The Bertz CT molecular complexity index is 314. The average molecular weight is 281 g/mol. The first kappa shape index (κ1) is 16.2. The maximum absolute atomic E-state index is 11.3. The van der Waals surface area contributed by atoms with E-state index in [0.29, 0.717) is 0 Å². The van der Waals surface area contributed by atoms with Crippen LogP contribution in [0.15, 0.2) is 0 Å². The molecule has 0 aromatic rings. The maximum Gasteiger partial charge on any atom is 0.364 e. The monoisotopic (exact) mass is 281 g/mol. The Labute approximate surface area is 109 Å². The predicted octanol–water partition coefficient (Wildman–Crippen LogP) is -3.39. The van der Waals surface area contributed by atoms with Crippen molar-refractivity contribution in [2.75, 3.05) is 19.8 Å². The largest absolute Gasteiger partial charge is 0.477 e. The number of carboxylic acid groups (broad SMARTS) is 1. The van der Waals surface area contributed by atoms with Crippen LogP contribution in [0.2, 0.25) is 0 Å². The number of carboxylic acids is 1. The molecule has 0 amide bonds. The highest BCUT2D eigenvalue weighted by Crippen LogP contribution is 2.32. The highest BCUT2D eigenvalue weighted by Gasteiger charge is 2.54. The summed E-state index contributed by atoms with van der Waals surface area (Å²) < 4.78 is 10.1. The van der Waals surface area contributed by atoms with Gasteiger partial charge in [-0.2, -0.15) is 0 Å². The number of ether oxygens (including phenoxy) is 2. The van der Waals surface area contributed by atoms with Gasteiger partial charge in [0.05, 0.1) is 19.3 Å². The average Bonchev–Trinajstić information content (AvgIpc) is 2.38. The van der Waals surface area contributed by atoms with Crippen molar-refractivity contribution in [2.45, 2.75) is 36.6 Å². The summed E-state index contributed by atoms with van der Waals surface area (Å²) in [4.78, 5) is 11.3. The third-order valence-electron chi connectivity index (χ3n) is 2.88. The van der Waals surface area contributed by atoms with Crippen LogP contribution in [-0.4, -0.2) is 81.5 Å². The lowest BCUT2D eigenvalue weighted by molar-refractivity contribution is -0.322.